The van der Waals surface area contributed by atoms with Crippen molar-refractivity contribution in [3.8, 4) is 6.07 Å². The molecule has 1 rings (SSSR count). The van der Waals surface area contributed by atoms with Crippen molar-refractivity contribution in [1.82, 2.24) is 5.32 Å². The molecule has 0 amide bonds. The number of unbranched alkanes of at least 4 members (excludes halogenated alkanes) is 1. The first-order valence-corrected chi connectivity index (χ1v) is 8.44. The second-order valence-electron chi connectivity index (χ2n) is 5.49. The first kappa shape index (κ1) is 17.1. The first-order chi connectivity index (χ1) is 9.59. The number of nitriles is 1. The summed E-state index contributed by atoms with van der Waals surface area (Å²) in [5, 5.41) is 12.6. The van der Waals surface area contributed by atoms with E-state index in [0.717, 1.165) is 38.0 Å². The molecular formula is C17H26N2S. The fraction of sp³-hybridized carbons (Fsp3) is 0.588. The van der Waals surface area contributed by atoms with Gasteiger partial charge in [0.2, 0.25) is 0 Å². The lowest BCUT2D eigenvalue weighted by Crippen LogP contribution is -2.41. The highest BCUT2D eigenvalue weighted by atomic mass is 32.2. The fourth-order valence-corrected chi connectivity index (χ4v) is 3.09. The first-order valence-electron chi connectivity index (χ1n) is 7.45. The summed E-state index contributed by atoms with van der Waals surface area (Å²) in [7, 11) is 0. The SMILES string of the molecule is CCCNC(C)(C#N)CCCCSc1cccc(C)c1. The van der Waals surface area contributed by atoms with Crippen LogP contribution in [0.2, 0.25) is 0 Å². The standard InChI is InChI=1S/C17H26N2S/c1-4-11-19-17(3,14-18)10-5-6-12-20-16-9-7-8-15(2)13-16/h7-9,13,19H,4-6,10-12H2,1-3H3. The molecule has 0 radical (unpaired) electrons. The van der Waals surface area contributed by atoms with Crippen LogP contribution < -0.4 is 5.32 Å². The second-order valence-corrected chi connectivity index (χ2v) is 6.66. The van der Waals surface area contributed by atoms with Gasteiger partial charge in [0.15, 0.2) is 0 Å². The number of nitrogens with one attached hydrogen (secondary N) is 1. The van der Waals surface area contributed by atoms with E-state index in [2.05, 4.69) is 49.5 Å². The Labute approximate surface area is 128 Å². The summed E-state index contributed by atoms with van der Waals surface area (Å²) in [6.07, 6.45) is 4.25. The van der Waals surface area contributed by atoms with E-state index in [1.807, 2.05) is 18.7 Å². The predicted octanol–water partition coefficient (Wildman–Crippen LogP) is 4.54. The Morgan fingerprint density at radius 3 is 2.80 bits per heavy atom. The van der Waals surface area contributed by atoms with Crippen LogP contribution in [0.15, 0.2) is 29.2 Å². The molecule has 0 spiro atoms. The number of rotatable bonds is 9. The fourth-order valence-electron chi connectivity index (χ4n) is 2.06. The molecule has 0 saturated carbocycles. The van der Waals surface area contributed by atoms with Gasteiger partial charge in [-0.1, -0.05) is 24.6 Å². The van der Waals surface area contributed by atoms with E-state index in [0.29, 0.717) is 0 Å². The number of hydrogen-bond acceptors (Lipinski definition) is 3. The van der Waals surface area contributed by atoms with Gasteiger partial charge in [0.05, 0.1) is 6.07 Å². The highest BCUT2D eigenvalue weighted by Gasteiger charge is 2.21. The van der Waals surface area contributed by atoms with Gasteiger partial charge in [0.25, 0.3) is 0 Å². The minimum atomic E-state index is -0.357. The molecule has 0 aliphatic carbocycles. The molecule has 1 aromatic rings. The third-order valence-corrected chi connectivity index (χ3v) is 4.42. The lowest BCUT2D eigenvalue weighted by molar-refractivity contribution is 0.406. The van der Waals surface area contributed by atoms with E-state index in [4.69, 9.17) is 0 Å². The van der Waals surface area contributed by atoms with Crippen molar-refractivity contribution in [2.24, 2.45) is 0 Å². The molecule has 1 aromatic carbocycles. The third kappa shape index (κ3) is 6.45. The maximum absolute atomic E-state index is 9.26. The number of hydrogen-bond donors (Lipinski definition) is 1. The Morgan fingerprint density at radius 2 is 2.15 bits per heavy atom. The summed E-state index contributed by atoms with van der Waals surface area (Å²) in [5.74, 6) is 1.12. The molecular weight excluding hydrogens is 264 g/mol. The Kier molecular flexibility index (Phi) is 7.72. The van der Waals surface area contributed by atoms with Gasteiger partial charge in [0.1, 0.15) is 5.54 Å². The van der Waals surface area contributed by atoms with Crippen LogP contribution in [0, 0.1) is 18.3 Å². The van der Waals surface area contributed by atoms with Gasteiger partial charge in [-0.15, -0.1) is 11.8 Å². The van der Waals surface area contributed by atoms with Crippen LogP contribution in [0.5, 0.6) is 0 Å². The average Bonchev–Trinajstić information content (AvgIpc) is 2.45. The number of thioether (sulfide) groups is 1. The molecule has 1 unspecified atom stereocenters. The third-order valence-electron chi connectivity index (χ3n) is 3.34. The van der Waals surface area contributed by atoms with Crippen molar-refractivity contribution in [1.29, 1.82) is 5.26 Å². The Morgan fingerprint density at radius 1 is 1.35 bits per heavy atom. The molecule has 0 fully saturated rings. The Hall–Kier alpha value is -0.980. The van der Waals surface area contributed by atoms with Gasteiger partial charge in [-0.05, 0) is 64.0 Å². The predicted molar refractivity (Wildman–Crippen MR) is 88.1 cm³/mol. The lowest BCUT2D eigenvalue weighted by atomic mass is 9.96. The van der Waals surface area contributed by atoms with Gasteiger partial charge in [-0.3, -0.25) is 5.32 Å². The van der Waals surface area contributed by atoms with Crippen molar-refractivity contribution >= 4 is 11.8 Å². The van der Waals surface area contributed by atoms with Crippen molar-refractivity contribution in [2.75, 3.05) is 12.3 Å². The van der Waals surface area contributed by atoms with Gasteiger partial charge >= 0.3 is 0 Å². The number of nitrogens with zero attached hydrogens (tertiary/aromatic N) is 1. The van der Waals surface area contributed by atoms with Crippen molar-refractivity contribution < 1.29 is 0 Å². The zero-order valence-corrected chi connectivity index (χ0v) is 13.7. The zero-order chi connectivity index (χ0) is 14.8. The summed E-state index contributed by atoms with van der Waals surface area (Å²) in [6, 6.07) is 11.0. The smallest absolute Gasteiger partial charge is 0.103 e. The lowest BCUT2D eigenvalue weighted by Gasteiger charge is -2.22. The maximum Gasteiger partial charge on any atom is 0.103 e. The minimum absolute atomic E-state index is 0.357. The van der Waals surface area contributed by atoms with Gasteiger partial charge in [0, 0.05) is 4.90 Å². The normalized spacial score (nSPS) is 13.7. The summed E-state index contributed by atoms with van der Waals surface area (Å²) in [6.45, 7) is 7.18. The summed E-state index contributed by atoms with van der Waals surface area (Å²) >= 11 is 1.91. The molecule has 20 heavy (non-hydrogen) atoms. The van der Waals surface area contributed by atoms with E-state index >= 15 is 0 Å². The Balaban J connectivity index is 2.22. The van der Waals surface area contributed by atoms with E-state index in [1.54, 1.807) is 0 Å². The van der Waals surface area contributed by atoms with Crippen LogP contribution >= 0.6 is 11.8 Å². The number of aryl methyl sites for hydroxylation is 1. The molecule has 0 aromatic heterocycles. The van der Waals surface area contributed by atoms with Crippen LogP contribution in [0.1, 0.15) is 45.1 Å². The van der Waals surface area contributed by atoms with E-state index in [1.165, 1.54) is 10.5 Å². The molecule has 0 aliphatic rings. The van der Waals surface area contributed by atoms with Crippen LogP contribution in [0.4, 0.5) is 0 Å². The van der Waals surface area contributed by atoms with Crippen LogP contribution in [0.25, 0.3) is 0 Å². The van der Waals surface area contributed by atoms with E-state index < -0.39 is 0 Å². The molecule has 0 heterocycles. The average molecular weight is 290 g/mol. The van der Waals surface area contributed by atoms with Crippen LogP contribution in [-0.4, -0.2) is 17.8 Å². The monoisotopic (exact) mass is 290 g/mol. The minimum Gasteiger partial charge on any atom is -0.300 e. The topological polar surface area (TPSA) is 35.8 Å². The van der Waals surface area contributed by atoms with Crippen molar-refractivity contribution in [2.45, 2.75) is 56.9 Å². The van der Waals surface area contributed by atoms with Crippen LogP contribution in [0.3, 0.4) is 0 Å². The molecule has 0 aliphatic heterocycles. The molecule has 110 valence electrons. The second kappa shape index (κ2) is 9.05. The maximum atomic E-state index is 9.26. The van der Waals surface area contributed by atoms with Gasteiger partial charge in [-0.2, -0.15) is 5.26 Å². The van der Waals surface area contributed by atoms with Gasteiger partial charge in [-0.25, -0.2) is 0 Å². The molecule has 0 bridgehead atoms. The largest absolute Gasteiger partial charge is 0.300 e. The zero-order valence-electron chi connectivity index (χ0n) is 12.9. The van der Waals surface area contributed by atoms with Crippen molar-refractivity contribution in [3.63, 3.8) is 0 Å². The Bertz CT molecular complexity index is 439. The van der Waals surface area contributed by atoms with E-state index in [9.17, 15) is 5.26 Å². The molecule has 1 N–H and O–H groups in total. The molecule has 0 saturated heterocycles. The van der Waals surface area contributed by atoms with Crippen molar-refractivity contribution in [3.05, 3.63) is 29.8 Å². The van der Waals surface area contributed by atoms with E-state index in [-0.39, 0.29) is 5.54 Å². The summed E-state index contributed by atoms with van der Waals surface area (Å²) < 4.78 is 0. The highest BCUT2D eigenvalue weighted by molar-refractivity contribution is 7.99. The van der Waals surface area contributed by atoms with Gasteiger partial charge < -0.3 is 0 Å². The highest BCUT2D eigenvalue weighted by Crippen LogP contribution is 2.21. The molecule has 1 atom stereocenters. The number of benzene rings is 1. The summed E-state index contributed by atoms with van der Waals surface area (Å²) in [4.78, 5) is 1.34. The molecule has 3 heteroatoms. The quantitative estimate of drug-likeness (QED) is 0.536. The van der Waals surface area contributed by atoms with Crippen LogP contribution in [-0.2, 0) is 0 Å². The summed E-state index contributed by atoms with van der Waals surface area (Å²) in [5.41, 5.74) is 0.958. The molecule has 2 nitrogen and oxygen atoms in total.